The number of anilines is 2. The molecular formula is C18H13F3N4O. The summed E-state index contributed by atoms with van der Waals surface area (Å²) in [7, 11) is 0. The van der Waals surface area contributed by atoms with E-state index in [9.17, 15) is 18.0 Å². The molecule has 0 radical (unpaired) electrons. The molecule has 0 bridgehead atoms. The molecule has 0 fully saturated rings. The predicted octanol–water partition coefficient (Wildman–Crippen LogP) is 3.57. The Morgan fingerprint density at radius 2 is 1.73 bits per heavy atom. The first-order valence-electron chi connectivity index (χ1n) is 7.58. The second-order valence-electron chi connectivity index (χ2n) is 5.32. The number of aromatic nitrogens is 2. The Morgan fingerprint density at radius 3 is 2.50 bits per heavy atom. The van der Waals surface area contributed by atoms with Gasteiger partial charge < -0.3 is 10.6 Å². The summed E-state index contributed by atoms with van der Waals surface area (Å²) in [4.78, 5) is 20.0. The van der Waals surface area contributed by atoms with Gasteiger partial charge >= 0.3 is 0 Å². The van der Waals surface area contributed by atoms with Crippen LogP contribution in [0.15, 0.2) is 54.9 Å². The molecule has 132 valence electrons. The second kappa shape index (κ2) is 7.64. The van der Waals surface area contributed by atoms with Gasteiger partial charge in [-0.2, -0.15) is 0 Å². The van der Waals surface area contributed by atoms with Crippen molar-refractivity contribution < 1.29 is 18.0 Å². The number of nitrogens with zero attached hydrogens (tertiary/aromatic N) is 2. The molecule has 0 aliphatic heterocycles. The Kier molecular flexibility index (Phi) is 5.12. The molecule has 3 aromatic rings. The van der Waals surface area contributed by atoms with Crippen LogP contribution < -0.4 is 10.6 Å². The van der Waals surface area contributed by atoms with Gasteiger partial charge in [-0.1, -0.05) is 18.2 Å². The molecule has 2 N–H and O–H groups in total. The number of carbonyl (C=O) groups is 1. The lowest BCUT2D eigenvalue weighted by Gasteiger charge is -2.08. The molecule has 0 spiro atoms. The summed E-state index contributed by atoms with van der Waals surface area (Å²) < 4.78 is 39.8. The zero-order valence-electron chi connectivity index (χ0n) is 13.3. The van der Waals surface area contributed by atoms with E-state index in [-0.39, 0.29) is 23.7 Å². The number of nitrogens with one attached hydrogen (secondary N) is 2. The molecule has 5 nitrogen and oxygen atoms in total. The van der Waals surface area contributed by atoms with Gasteiger partial charge in [-0.25, -0.2) is 23.1 Å². The normalized spacial score (nSPS) is 10.4. The molecule has 0 aliphatic carbocycles. The van der Waals surface area contributed by atoms with Crippen molar-refractivity contribution in [1.29, 1.82) is 0 Å². The molecule has 1 aromatic heterocycles. The molecule has 0 atom stereocenters. The summed E-state index contributed by atoms with van der Waals surface area (Å²) in [6.07, 6.45) is 1.15. The van der Waals surface area contributed by atoms with E-state index in [1.54, 1.807) is 18.2 Å². The third-order valence-corrected chi connectivity index (χ3v) is 3.49. The fourth-order valence-electron chi connectivity index (χ4n) is 2.18. The van der Waals surface area contributed by atoms with Gasteiger partial charge in [0, 0.05) is 29.9 Å². The first-order valence-corrected chi connectivity index (χ1v) is 7.58. The molecule has 0 saturated heterocycles. The van der Waals surface area contributed by atoms with E-state index in [2.05, 4.69) is 20.6 Å². The highest BCUT2D eigenvalue weighted by molar-refractivity contribution is 5.92. The van der Waals surface area contributed by atoms with Crippen molar-refractivity contribution in [2.45, 2.75) is 6.54 Å². The van der Waals surface area contributed by atoms with Crippen molar-refractivity contribution in [1.82, 2.24) is 15.3 Å². The fraction of sp³-hybridized carbons (Fsp3) is 0.0556. The Labute approximate surface area is 146 Å². The number of hydrogen-bond donors (Lipinski definition) is 2. The topological polar surface area (TPSA) is 66.9 Å². The number of halogens is 3. The minimum Gasteiger partial charge on any atom is -0.347 e. The van der Waals surface area contributed by atoms with Crippen LogP contribution >= 0.6 is 0 Å². The average Bonchev–Trinajstić information content (AvgIpc) is 2.64. The van der Waals surface area contributed by atoms with Crippen LogP contribution in [0.1, 0.15) is 16.1 Å². The zero-order chi connectivity index (χ0) is 18.5. The maximum atomic E-state index is 13.6. The molecule has 0 saturated carbocycles. The van der Waals surface area contributed by atoms with Gasteiger partial charge in [0.15, 0.2) is 11.6 Å². The highest BCUT2D eigenvalue weighted by Crippen LogP contribution is 2.17. The number of carbonyl (C=O) groups excluding carboxylic acids is 1. The van der Waals surface area contributed by atoms with Crippen LogP contribution in [0, 0.1) is 17.5 Å². The summed E-state index contributed by atoms with van der Waals surface area (Å²) in [5.74, 6) is -2.69. The molecule has 1 amide bonds. The van der Waals surface area contributed by atoms with Crippen LogP contribution in [0.3, 0.4) is 0 Å². The zero-order valence-corrected chi connectivity index (χ0v) is 13.3. The number of amides is 1. The minimum absolute atomic E-state index is 0.00143. The Balaban J connectivity index is 1.69. The van der Waals surface area contributed by atoms with E-state index in [4.69, 9.17) is 0 Å². The monoisotopic (exact) mass is 358 g/mol. The van der Waals surface area contributed by atoms with Gasteiger partial charge in [0.05, 0.1) is 0 Å². The lowest BCUT2D eigenvalue weighted by Crippen LogP contribution is -2.24. The minimum atomic E-state index is -1.01. The van der Waals surface area contributed by atoms with Crippen LogP contribution in [0.5, 0.6) is 0 Å². The molecule has 1 heterocycles. The van der Waals surface area contributed by atoms with Crippen LogP contribution in [-0.4, -0.2) is 15.9 Å². The smallest absolute Gasteiger partial charge is 0.270 e. The Morgan fingerprint density at radius 1 is 0.923 bits per heavy atom. The van der Waals surface area contributed by atoms with Gasteiger partial charge in [-0.3, -0.25) is 4.79 Å². The second-order valence-corrected chi connectivity index (χ2v) is 5.32. The summed E-state index contributed by atoms with van der Waals surface area (Å²) >= 11 is 0. The molecule has 0 aliphatic rings. The quantitative estimate of drug-likeness (QED) is 0.732. The van der Waals surface area contributed by atoms with Crippen molar-refractivity contribution in [2.75, 3.05) is 5.32 Å². The highest BCUT2D eigenvalue weighted by atomic mass is 19.2. The number of hydrogen-bond acceptors (Lipinski definition) is 4. The van der Waals surface area contributed by atoms with Crippen molar-refractivity contribution in [3.8, 4) is 0 Å². The Bertz CT molecular complexity index is 949. The largest absolute Gasteiger partial charge is 0.347 e. The van der Waals surface area contributed by atoms with Gasteiger partial charge in [0.2, 0.25) is 0 Å². The van der Waals surface area contributed by atoms with Crippen molar-refractivity contribution in [3.63, 3.8) is 0 Å². The first-order chi connectivity index (χ1) is 12.5. The molecular weight excluding hydrogens is 345 g/mol. The first kappa shape index (κ1) is 17.4. The molecule has 0 unspecified atom stereocenters. The van der Waals surface area contributed by atoms with Crippen molar-refractivity contribution >= 4 is 17.4 Å². The number of rotatable bonds is 5. The standard InChI is InChI=1S/C18H13F3N4O/c19-13-4-2-1-3-11(13)9-22-18(26)16-8-17(24-10-23-16)25-12-5-6-14(20)15(21)7-12/h1-8,10H,9H2,(H,22,26)(H,23,24,25). The van der Waals surface area contributed by atoms with E-state index >= 15 is 0 Å². The Hall–Kier alpha value is -3.42. The van der Waals surface area contributed by atoms with Crippen LogP contribution in [0.2, 0.25) is 0 Å². The summed E-state index contributed by atoms with van der Waals surface area (Å²) in [6.45, 7) is 0.00143. The third kappa shape index (κ3) is 4.15. The van der Waals surface area contributed by atoms with E-state index < -0.39 is 23.4 Å². The van der Waals surface area contributed by atoms with Gasteiger partial charge in [-0.05, 0) is 18.2 Å². The summed E-state index contributed by atoms with van der Waals surface area (Å²) in [5.41, 5.74) is 0.650. The molecule has 3 rings (SSSR count). The maximum Gasteiger partial charge on any atom is 0.270 e. The van der Waals surface area contributed by atoms with E-state index in [1.807, 2.05) is 0 Å². The van der Waals surface area contributed by atoms with Crippen LogP contribution in [-0.2, 0) is 6.54 Å². The fourth-order valence-corrected chi connectivity index (χ4v) is 2.18. The third-order valence-electron chi connectivity index (χ3n) is 3.49. The molecule has 26 heavy (non-hydrogen) atoms. The van der Waals surface area contributed by atoms with Crippen molar-refractivity contribution in [2.24, 2.45) is 0 Å². The lowest BCUT2D eigenvalue weighted by molar-refractivity contribution is 0.0945. The number of benzene rings is 2. The van der Waals surface area contributed by atoms with Crippen LogP contribution in [0.25, 0.3) is 0 Å². The van der Waals surface area contributed by atoms with E-state index in [0.29, 0.717) is 5.56 Å². The highest BCUT2D eigenvalue weighted by Gasteiger charge is 2.10. The van der Waals surface area contributed by atoms with E-state index in [1.165, 1.54) is 18.2 Å². The van der Waals surface area contributed by atoms with Crippen molar-refractivity contribution in [3.05, 3.63) is 83.6 Å². The average molecular weight is 358 g/mol. The molecule has 8 heteroatoms. The van der Waals surface area contributed by atoms with E-state index in [0.717, 1.165) is 18.5 Å². The molecule has 2 aromatic carbocycles. The van der Waals surface area contributed by atoms with Crippen LogP contribution in [0.4, 0.5) is 24.7 Å². The lowest BCUT2D eigenvalue weighted by atomic mass is 10.2. The summed E-state index contributed by atoms with van der Waals surface area (Å²) in [6, 6.07) is 10.7. The van der Waals surface area contributed by atoms with Gasteiger partial charge in [0.25, 0.3) is 5.91 Å². The predicted molar refractivity (Wildman–Crippen MR) is 89.2 cm³/mol. The van der Waals surface area contributed by atoms with Gasteiger partial charge in [-0.15, -0.1) is 0 Å². The maximum absolute atomic E-state index is 13.6. The van der Waals surface area contributed by atoms with Gasteiger partial charge in [0.1, 0.15) is 23.7 Å². The SMILES string of the molecule is O=C(NCc1ccccc1F)c1cc(Nc2ccc(F)c(F)c2)ncn1. The summed E-state index contributed by atoms with van der Waals surface area (Å²) in [5, 5.41) is 5.31.